The molecule has 0 amide bonds. The number of rotatable bonds is 3. The number of sulfonamides is 1. The van der Waals surface area contributed by atoms with Crippen LogP contribution in [0, 0.1) is 0 Å². The predicted molar refractivity (Wildman–Crippen MR) is 86.2 cm³/mol. The first-order chi connectivity index (χ1) is 10.9. The normalized spacial score (nSPS) is 23.9. The van der Waals surface area contributed by atoms with Gasteiger partial charge in [-0.3, -0.25) is 9.69 Å². The molecule has 0 aromatic heterocycles. The van der Waals surface area contributed by atoms with E-state index < -0.39 is 10.0 Å². The minimum atomic E-state index is -3.70. The molecule has 23 heavy (non-hydrogen) atoms. The summed E-state index contributed by atoms with van der Waals surface area (Å²) in [5.41, 5.74) is 0. The van der Waals surface area contributed by atoms with Gasteiger partial charge in [-0.05, 0) is 18.2 Å². The van der Waals surface area contributed by atoms with Gasteiger partial charge in [0.25, 0.3) is 0 Å². The van der Waals surface area contributed by atoms with Gasteiger partial charge in [-0.25, -0.2) is 8.42 Å². The van der Waals surface area contributed by atoms with Gasteiger partial charge in [0.1, 0.15) is 10.9 Å². The average Bonchev–Trinajstić information content (AvgIpc) is 2.96. The maximum atomic E-state index is 12.7. The van der Waals surface area contributed by atoms with E-state index in [1.165, 1.54) is 16.4 Å². The van der Waals surface area contributed by atoms with Crippen molar-refractivity contribution in [1.29, 1.82) is 0 Å². The van der Waals surface area contributed by atoms with E-state index in [0.717, 1.165) is 0 Å². The monoisotopic (exact) mass is 378 g/mol. The van der Waals surface area contributed by atoms with Crippen molar-refractivity contribution in [3.63, 3.8) is 0 Å². The number of cyclic esters (lactones) is 1. The minimum absolute atomic E-state index is 0.0143. The van der Waals surface area contributed by atoms with Crippen LogP contribution in [-0.2, 0) is 19.6 Å². The fourth-order valence-corrected chi connectivity index (χ4v) is 5.05. The number of piperazine rings is 1. The summed E-state index contributed by atoms with van der Waals surface area (Å²) in [6.45, 7) is 2.00. The zero-order chi connectivity index (χ0) is 16.6. The lowest BCUT2D eigenvalue weighted by Gasteiger charge is -2.35. The molecule has 0 radical (unpaired) electrons. The Hall–Kier alpha value is -0.860. The quantitative estimate of drug-likeness (QED) is 0.747. The maximum absolute atomic E-state index is 12.7. The number of carbonyl (C=O) groups is 1. The van der Waals surface area contributed by atoms with Gasteiger partial charge in [-0.15, -0.1) is 0 Å². The van der Waals surface area contributed by atoms with Gasteiger partial charge in [0.15, 0.2) is 0 Å². The molecule has 0 spiro atoms. The number of carbonyl (C=O) groups excluding carboxylic acids is 1. The van der Waals surface area contributed by atoms with Crippen molar-refractivity contribution in [3.05, 3.63) is 28.2 Å². The molecule has 2 aliphatic heterocycles. The largest absolute Gasteiger partial charge is 0.464 e. The van der Waals surface area contributed by atoms with Gasteiger partial charge in [0, 0.05) is 37.6 Å². The second-order valence-electron chi connectivity index (χ2n) is 5.49. The second-order valence-corrected chi connectivity index (χ2v) is 8.24. The average molecular weight is 379 g/mol. The molecule has 1 unspecified atom stereocenters. The van der Waals surface area contributed by atoms with Crippen LogP contribution in [0.25, 0.3) is 0 Å². The highest BCUT2D eigenvalue weighted by atomic mass is 35.5. The van der Waals surface area contributed by atoms with E-state index in [-0.39, 0.29) is 21.9 Å². The fraction of sp³-hybridized carbons (Fsp3) is 0.500. The van der Waals surface area contributed by atoms with Crippen LogP contribution in [-0.4, -0.2) is 62.4 Å². The molecule has 0 aliphatic carbocycles. The Morgan fingerprint density at radius 3 is 2.43 bits per heavy atom. The summed E-state index contributed by atoms with van der Waals surface area (Å²) in [5.74, 6) is -0.223. The number of hydrogen-bond donors (Lipinski definition) is 0. The van der Waals surface area contributed by atoms with Crippen LogP contribution in [0.5, 0.6) is 0 Å². The first-order valence-electron chi connectivity index (χ1n) is 7.25. The summed E-state index contributed by atoms with van der Waals surface area (Å²) in [6.07, 6.45) is 0.658. The molecule has 1 aromatic rings. The van der Waals surface area contributed by atoms with Crippen LogP contribution < -0.4 is 0 Å². The summed E-state index contributed by atoms with van der Waals surface area (Å²) in [5, 5.41) is 0.469. The molecule has 2 aliphatic rings. The highest BCUT2D eigenvalue weighted by Crippen LogP contribution is 2.28. The number of nitrogens with zero attached hydrogens (tertiary/aromatic N) is 2. The highest BCUT2D eigenvalue weighted by Gasteiger charge is 2.37. The zero-order valence-corrected chi connectivity index (χ0v) is 14.6. The molecule has 2 fully saturated rings. The zero-order valence-electron chi connectivity index (χ0n) is 12.2. The summed E-state index contributed by atoms with van der Waals surface area (Å²) < 4.78 is 31.8. The van der Waals surface area contributed by atoms with E-state index in [4.69, 9.17) is 27.9 Å². The van der Waals surface area contributed by atoms with Crippen LogP contribution in [0.1, 0.15) is 6.42 Å². The first kappa shape index (κ1) is 17.0. The molecule has 3 rings (SSSR count). The highest BCUT2D eigenvalue weighted by molar-refractivity contribution is 7.89. The van der Waals surface area contributed by atoms with Crippen molar-refractivity contribution in [2.75, 3.05) is 32.8 Å². The molecule has 9 heteroatoms. The van der Waals surface area contributed by atoms with Crippen LogP contribution >= 0.6 is 23.2 Å². The lowest BCUT2D eigenvalue weighted by molar-refractivity contribution is -0.142. The Morgan fingerprint density at radius 2 is 1.83 bits per heavy atom. The molecule has 2 saturated heterocycles. The van der Waals surface area contributed by atoms with Crippen molar-refractivity contribution in [3.8, 4) is 0 Å². The summed E-state index contributed by atoms with van der Waals surface area (Å²) in [7, 11) is -3.70. The lowest BCUT2D eigenvalue weighted by atomic mass is 10.2. The van der Waals surface area contributed by atoms with Gasteiger partial charge >= 0.3 is 5.97 Å². The van der Waals surface area contributed by atoms with Gasteiger partial charge < -0.3 is 4.74 Å². The fourth-order valence-electron chi connectivity index (χ4n) is 2.89. The van der Waals surface area contributed by atoms with E-state index in [1.807, 2.05) is 4.90 Å². The van der Waals surface area contributed by atoms with Crippen LogP contribution in [0.4, 0.5) is 0 Å². The molecular formula is C14H16Cl2N2O4S. The molecular weight excluding hydrogens is 363 g/mol. The van der Waals surface area contributed by atoms with E-state index in [2.05, 4.69) is 0 Å². The van der Waals surface area contributed by atoms with Crippen molar-refractivity contribution in [1.82, 2.24) is 9.21 Å². The van der Waals surface area contributed by atoms with E-state index in [1.54, 1.807) is 6.07 Å². The third-order valence-corrected chi connectivity index (χ3v) is 6.75. The SMILES string of the molecule is O=C1OCCC1N1CCN(S(=O)(=O)c2cc(Cl)ccc2Cl)CC1. The van der Waals surface area contributed by atoms with E-state index in [9.17, 15) is 13.2 Å². The molecule has 1 atom stereocenters. The standard InChI is InChI=1S/C14H16Cl2N2O4S/c15-10-1-2-11(16)13(9-10)23(20,21)18-6-4-17(5-7-18)12-3-8-22-14(12)19/h1-2,9,12H,3-8H2. The molecule has 2 heterocycles. The first-order valence-corrected chi connectivity index (χ1v) is 9.45. The van der Waals surface area contributed by atoms with Crippen molar-refractivity contribution in [2.45, 2.75) is 17.4 Å². The van der Waals surface area contributed by atoms with Gasteiger partial charge in [0.2, 0.25) is 10.0 Å². The van der Waals surface area contributed by atoms with Crippen LogP contribution in [0.2, 0.25) is 10.0 Å². The smallest absolute Gasteiger partial charge is 0.323 e. The lowest BCUT2D eigenvalue weighted by Crippen LogP contribution is -2.53. The minimum Gasteiger partial charge on any atom is -0.464 e. The Balaban J connectivity index is 1.73. The van der Waals surface area contributed by atoms with Crippen LogP contribution in [0.3, 0.4) is 0 Å². The number of ether oxygens (including phenoxy) is 1. The second kappa shape index (κ2) is 6.57. The van der Waals surface area contributed by atoms with E-state index >= 15 is 0 Å². The Morgan fingerprint density at radius 1 is 1.13 bits per heavy atom. The summed E-state index contributed by atoms with van der Waals surface area (Å²) in [4.78, 5) is 13.6. The maximum Gasteiger partial charge on any atom is 0.323 e. The molecule has 0 saturated carbocycles. The summed E-state index contributed by atoms with van der Waals surface area (Å²) >= 11 is 11.9. The molecule has 0 bridgehead atoms. The molecule has 0 N–H and O–H groups in total. The third-order valence-electron chi connectivity index (χ3n) is 4.13. The third kappa shape index (κ3) is 3.34. The number of benzene rings is 1. The van der Waals surface area contributed by atoms with Gasteiger partial charge in [-0.2, -0.15) is 4.31 Å². The Bertz CT molecular complexity index is 717. The van der Waals surface area contributed by atoms with Gasteiger partial charge in [-0.1, -0.05) is 23.2 Å². The topological polar surface area (TPSA) is 66.9 Å². The Kier molecular flexibility index (Phi) is 4.85. The molecule has 1 aromatic carbocycles. The summed E-state index contributed by atoms with van der Waals surface area (Å²) in [6, 6.07) is 4.13. The van der Waals surface area contributed by atoms with Crippen molar-refractivity contribution < 1.29 is 17.9 Å². The van der Waals surface area contributed by atoms with Crippen molar-refractivity contribution in [2.24, 2.45) is 0 Å². The Labute approximate surface area is 145 Å². The number of hydrogen-bond acceptors (Lipinski definition) is 5. The van der Waals surface area contributed by atoms with Crippen LogP contribution in [0.15, 0.2) is 23.1 Å². The number of esters is 1. The number of halogens is 2. The van der Waals surface area contributed by atoms with E-state index in [0.29, 0.717) is 44.2 Å². The molecule has 126 valence electrons. The van der Waals surface area contributed by atoms with Gasteiger partial charge in [0.05, 0.1) is 11.6 Å². The predicted octanol–water partition coefficient (Wildman–Crippen LogP) is 1.62. The van der Waals surface area contributed by atoms with Crippen molar-refractivity contribution >= 4 is 39.2 Å². The molecule has 6 nitrogen and oxygen atoms in total.